The van der Waals surface area contributed by atoms with Crippen molar-refractivity contribution in [1.29, 1.82) is 0 Å². The molecular weight excluding hydrogens is 705 g/mol. The van der Waals surface area contributed by atoms with Crippen LogP contribution in [0.5, 0.6) is 0 Å². The van der Waals surface area contributed by atoms with E-state index in [2.05, 4.69) is 41.1 Å². The predicted molar refractivity (Wildman–Crippen MR) is 224 cm³/mol. The third-order valence-corrected chi connectivity index (χ3v) is 13.5. The molecule has 4 N–H and O–H groups in total. The van der Waals surface area contributed by atoms with Gasteiger partial charge in [0, 0.05) is 38.5 Å². The van der Waals surface area contributed by atoms with Crippen LogP contribution in [0.15, 0.2) is 22.1 Å². The molecule has 318 valence electrons. The molecule has 8 atom stereocenters. The number of ether oxygens (including phenoxy) is 3. The Balaban J connectivity index is 0.841. The average molecular weight is 783 g/mol. The molecule has 0 saturated carbocycles. The third kappa shape index (κ3) is 11.5. The highest BCUT2D eigenvalue weighted by Gasteiger charge is 2.62. The van der Waals surface area contributed by atoms with E-state index in [9.17, 15) is 9.90 Å². The van der Waals surface area contributed by atoms with E-state index in [-0.39, 0.29) is 30.3 Å². The quantitative estimate of drug-likeness (QED) is 0.0573. The smallest absolute Gasteiger partial charge is 0.316 e. The molecule has 0 aromatic carbocycles. The second-order valence-electron chi connectivity index (χ2n) is 18.0. The van der Waals surface area contributed by atoms with Crippen LogP contribution in [-0.2, 0) is 19.0 Å². The van der Waals surface area contributed by atoms with Crippen molar-refractivity contribution in [3.05, 3.63) is 12.2 Å². The number of aliphatic imine (C=N–C) groups is 2. The summed E-state index contributed by atoms with van der Waals surface area (Å²) in [7, 11) is 0. The van der Waals surface area contributed by atoms with Gasteiger partial charge in [-0.15, -0.1) is 0 Å². The van der Waals surface area contributed by atoms with Crippen LogP contribution in [-0.4, -0.2) is 107 Å². The summed E-state index contributed by atoms with van der Waals surface area (Å²) >= 11 is 0. The van der Waals surface area contributed by atoms with Gasteiger partial charge in [0.05, 0.1) is 36.8 Å². The van der Waals surface area contributed by atoms with Gasteiger partial charge < -0.3 is 40.2 Å². The van der Waals surface area contributed by atoms with Crippen LogP contribution in [0.25, 0.3) is 0 Å². The molecule has 3 saturated heterocycles. The van der Waals surface area contributed by atoms with Crippen molar-refractivity contribution >= 4 is 17.8 Å². The molecule has 3 fully saturated rings. The second kappa shape index (κ2) is 21.7. The normalized spacial score (nSPS) is 31.8. The molecule has 6 aliphatic heterocycles. The maximum Gasteiger partial charge on any atom is 0.316 e. The van der Waals surface area contributed by atoms with Crippen LogP contribution < -0.4 is 11.1 Å². The average Bonchev–Trinajstić information content (AvgIpc) is 3.49. The topological polar surface area (TPSA) is 134 Å². The van der Waals surface area contributed by atoms with Gasteiger partial charge in [0.1, 0.15) is 11.6 Å². The summed E-state index contributed by atoms with van der Waals surface area (Å²) in [6.07, 6.45) is 31.8. The Kier molecular flexibility index (Phi) is 16.8. The molecule has 0 aliphatic carbocycles. The van der Waals surface area contributed by atoms with Crippen molar-refractivity contribution in [2.24, 2.45) is 21.6 Å². The van der Waals surface area contributed by atoms with Crippen molar-refractivity contribution in [2.75, 3.05) is 32.8 Å². The van der Waals surface area contributed by atoms with Gasteiger partial charge in [-0.3, -0.25) is 9.79 Å². The van der Waals surface area contributed by atoms with E-state index >= 15 is 0 Å². The monoisotopic (exact) mass is 783 g/mol. The van der Waals surface area contributed by atoms with Gasteiger partial charge in [-0.25, -0.2) is 4.99 Å². The number of nitrogens with zero attached hydrogens (tertiary/aromatic N) is 4. The first-order valence-electron chi connectivity index (χ1n) is 23.4. The highest BCUT2D eigenvalue weighted by atomic mass is 16.6. The summed E-state index contributed by atoms with van der Waals surface area (Å²) in [5.41, 5.74) is 4.32. The van der Waals surface area contributed by atoms with E-state index < -0.39 is 17.4 Å². The number of hydrogen-bond donors (Lipinski definition) is 3. The van der Waals surface area contributed by atoms with Crippen LogP contribution >= 0.6 is 0 Å². The molecular formula is C45H78N6O5. The number of carbonyl (C=O) groups is 1. The molecule has 0 radical (unpaired) electrons. The number of aliphatic hydroxyl groups is 1. The summed E-state index contributed by atoms with van der Waals surface area (Å²) in [6.45, 7) is 7.94. The fourth-order valence-corrected chi connectivity index (χ4v) is 10.5. The maximum atomic E-state index is 14.1. The lowest BCUT2D eigenvalue weighted by Crippen LogP contribution is -2.71. The maximum absolute atomic E-state index is 14.1. The van der Waals surface area contributed by atoms with Gasteiger partial charge in [0.25, 0.3) is 0 Å². The third-order valence-electron chi connectivity index (χ3n) is 13.5. The van der Waals surface area contributed by atoms with E-state index in [4.69, 9.17) is 29.9 Å². The van der Waals surface area contributed by atoms with Crippen LogP contribution in [0.4, 0.5) is 0 Å². The Morgan fingerprint density at radius 1 is 1.00 bits per heavy atom. The zero-order chi connectivity index (χ0) is 39.2. The number of allylic oxidation sites excluding steroid dienone is 1. The SMILES string of the molecule is CC[C@H]1C=CCC[C@@]2(C[C@@H]3CC[C@@H]4[C@H](C(=O)OCCCCCCCCCCCCCCCC5=NCCCN5C[C@@H](O)CCN)[C@]5(CCC[C@@H](C)O5)N=C(N2)N34)O1. The molecule has 2 spiro atoms. The molecule has 0 aromatic rings. The number of nitrogens with one attached hydrogen (secondary N) is 1. The van der Waals surface area contributed by atoms with Crippen LogP contribution in [0, 0.1) is 5.92 Å². The number of carbonyl (C=O) groups excluding carboxylic acids is 1. The highest BCUT2D eigenvalue weighted by molar-refractivity contribution is 5.87. The molecule has 0 unspecified atom stereocenters. The Morgan fingerprint density at radius 2 is 1.73 bits per heavy atom. The van der Waals surface area contributed by atoms with E-state index in [0.717, 1.165) is 103 Å². The number of rotatable bonds is 22. The molecule has 0 bridgehead atoms. The molecule has 6 rings (SSSR count). The van der Waals surface area contributed by atoms with Gasteiger partial charge in [0.15, 0.2) is 11.7 Å². The fourth-order valence-electron chi connectivity index (χ4n) is 10.5. The van der Waals surface area contributed by atoms with Crippen molar-refractivity contribution in [1.82, 2.24) is 15.1 Å². The largest absolute Gasteiger partial charge is 0.465 e. The number of aliphatic hydroxyl groups excluding tert-OH is 1. The number of β-amino-alcohol motifs (C(OH)–C–C–N with tert-alkyl or cyclic N) is 1. The van der Waals surface area contributed by atoms with Crippen LogP contribution in [0.2, 0.25) is 0 Å². The first-order valence-corrected chi connectivity index (χ1v) is 23.4. The summed E-state index contributed by atoms with van der Waals surface area (Å²) in [5.74, 6) is 1.56. The van der Waals surface area contributed by atoms with E-state index in [1.165, 1.54) is 76.5 Å². The standard InChI is InChI=1S/C45H78N6O5/c1-3-38-22-16-17-27-44(56-38)33-36-24-25-39-41(45(28-19-21-35(2)55-45)49-43(48-44)51(36)39)42(53)54-32-18-14-12-10-8-6-4-5-7-9-11-13-15-23-40-47-30-20-31-50(40)34-37(52)26-29-46/h16,22,35-39,41,52H,3-15,17-21,23-34,46H2,1-2H3,(H,48,49)/t35-,36+,37+,38+,39-,41-,44+,45-/m1/s1. The minimum Gasteiger partial charge on any atom is -0.465 e. The minimum absolute atomic E-state index is 0.0440. The van der Waals surface area contributed by atoms with Gasteiger partial charge in [-0.1, -0.05) is 89.7 Å². The van der Waals surface area contributed by atoms with Crippen molar-refractivity contribution in [3.8, 4) is 0 Å². The number of hydrogen-bond acceptors (Lipinski definition) is 11. The zero-order valence-corrected chi connectivity index (χ0v) is 35.3. The molecule has 6 aliphatic rings. The van der Waals surface area contributed by atoms with Gasteiger partial charge in [-0.2, -0.15) is 0 Å². The Morgan fingerprint density at radius 3 is 2.45 bits per heavy atom. The van der Waals surface area contributed by atoms with Crippen molar-refractivity contribution < 1.29 is 24.1 Å². The van der Waals surface area contributed by atoms with E-state index in [1.54, 1.807) is 0 Å². The summed E-state index contributed by atoms with van der Waals surface area (Å²) in [6, 6.07) is 0.352. The second-order valence-corrected chi connectivity index (χ2v) is 18.0. The molecule has 0 amide bonds. The van der Waals surface area contributed by atoms with E-state index in [0.29, 0.717) is 32.2 Å². The van der Waals surface area contributed by atoms with Crippen LogP contribution in [0.3, 0.4) is 0 Å². The minimum atomic E-state index is -0.873. The van der Waals surface area contributed by atoms with Crippen LogP contribution in [0.1, 0.15) is 174 Å². The summed E-state index contributed by atoms with van der Waals surface area (Å²) in [5, 5.41) is 14.0. The van der Waals surface area contributed by atoms with E-state index in [1.807, 2.05) is 0 Å². The first kappa shape index (κ1) is 43.4. The Bertz CT molecular complexity index is 1310. The zero-order valence-electron chi connectivity index (χ0n) is 35.3. The Hall–Kier alpha value is -2.21. The molecule has 11 nitrogen and oxygen atoms in total. The lowest BCUT2D eigenvalue weighted by molar-refractivity contribution is -0.194. The number of esters is 1. The summed E-state index contributed by atoms with van der Waals surface area (Å²) in [4.78, 5) is 28.9. The summed E-state index contributed by atoms with van der Waals surface area (Å²) < 4.78 is 19.6. The number of guanidine groups is 1. The van der Waals surface area contributed by atoms with Crippen molar-refractivity contribution in [2.45, 2.75) is 216 Å². The fraction of sp³-hybridized carbons (Fsp3) is 0.889. The first-order chi connectivity index (χ1) is 27.4. The number of amidine groups is 1. The lowest BCUT2D eigenvalue weighted by Gasteiger charge is -2.55. The molecule has 6 heterocycles. The number of nitrogens with two attached hydrogens (primary N) is 1. The van der Waals surface area contributed by atoms with Gasteiger partial charge in [0.2, 0.25) is 0 Å². The van der Waals surface area contributed by atoms with Gasteiger partial charge >= 0.3 is 5.97 Å². The number of unbranched alkanes of at least 4 members (excludes halogenated alkanes) is 12. The lowest BCUT2D eigenvalue weighted by atomic mass is 9.80. The van der Waals surface area contributed by atoms with Crippen molar-refractivity contribution in [3.63, 3.8) is 0 Å². The molecule has 0 aromatic heterocycles. The van der Waals surface area contributed by atoms with Gasteiger partial charge in [-0.05, 0) is 90.5 Å². The molecule has 56 heavy (non-hydrogen) atoms. The predicted octanol–water partition coefficient (Wildman–Crippen LogP) is 7.74. The Labute approximate surface area is 339 Å². The molecule has 11 heteroatoms. The highest BCUT2D eigenvalue weighted by Crippen LogP contribution is 2.50.